The SMILES string of the molecule is CCCCCCCCCCCCC(=O)OCO.[H-].[Na+]. The minimum absolute atomic E-state index is 0. The Bertz CT molecular complexity index is 180. The maximum atomic E-state index is 10.9. The average Bonchev–Trinajstić information content (AvgIpc) is 2.32. The quantitative estimate of drug-likeness (QED) is 0.248. The minimum atomic E-state index is -0.489. The molecule has 3 nitrogen and oxygen atoms in total. The molecule has 1 N–H and O–H groups in total. The molecule has 0 aromatic carbocycles. The molecule has 104 valence electrons. The van der Waals surface area contributed by atoms with Gasteiger partial charge in [-0.05, 0) is 6.42 Å². The molecule has 0 heterocycles. The van der Waals surface area contributed by atoms with E-state index < -0.39 is 6.79 Å². The number of hydrogen-bond donors (Lipinski definition) is 1. The molecule has 0 bridgehead atoms. The molecule has 0 saturated carbocycles. The Morgan fingerprint density at radius 2 is 1.39 bits per heavy atom. The maximum Gasteiger partial charge on any atom is 1.00 e. The van der Waals surface area contributed by atoms with E-state index in [4.69, 9.17) is 5.11 Å². The third-order valence-electron chi connectivity index (χ3n) is 2.96. The fourth-order valence-electron chi connectivity index (χ4n) is 1.90. The molecule has 0 rings (SSSR count). The Morgan fingerprint density at radius 3 is 1.83 bits per heavy atom. The summed E-state index contributed by atoms with van der Waals surface area (Å²) in [7, 11) is 0. The topological polar surface area (TPSA) is 46.5 Å². The van der Waals surface area contributed by atoms with Crippen LogP contribution >= 0.6 is 0 Å². The van der Waals surface area contributed by atoms with E-state index in [0.717, 1.165) is 12.8 Å². The number of carbonyl (C=O) groups is 1. The second-order valence-electron chi connectivity index (χ2n) is 4.58. The molecule has 0 aromatic rings. The molecule has 0 fully saturated rings. The number of unbranched alkanes of at least 4 members (excludes halogenated alkanes) is 9. The summed E-state index contributed by atoms with van der Waals surface area (Å²) in [6, 6.07) is 0. The van der Waals surface area contributed by atoms with Crippen LogP contribution in [0.1, 0.15) is 79.0 Å². The molecule has 18 heavy (non-hydrogen) atoms. The fourth-order valence-corrected chi connectivity index (χ4v) is 1.90. The van der Waals surface area contributed by atoms with Gasteiger partial charge in [0.15, 0.2) is 6.79 Å². The predicted molar refractivity (Wildman–Crippen MR) is 70.8 cm³/mol. The van der Waals surface area contributed by atoms with Gasteiger partial charge < -0.3 is 11.3 Å². The van der Waals surface area contributed by atoms with Crippen molar-refractivity contribution < 1.29 is 45.6 Å². The first kappa shape index (κ1) is 20.7. The molecule has 0 saturated heterocycles. The number of aliphatic hydroxyl groups excluding tert-OH is 1. The molecule has 0 radical (unpaired) electrons. The van der Waals surface area contributed by atoms with E-state index in [0.29, 0.717) is 6.42 Å². The van der Waals surface area contributed by atoms with Crippen LogP contribution in [0.2, 0.25) is 0 Å². The van der Waals surface area contributed by atoms with Crippen molar-refractivity contribution in [2.24, 2.45) is 0 Å². The van der Waals surface area contributed by atoms with Crippen molar-refractivity contribution in [2.75, 3.05) is 6.79 Å². The third-order valence-corrected chi connectivity index (χ3v) is 2.96. The van der Waals surface area contributed by atoms with Crippen molar-refractivity contribution in [1.29, 1.82) is 0 Å². The second-order valence-corrected chi connectivity index (χ2v) is 4.58. The first-order chi connectivity index (χ1) is 8.31. The van der Waals surface area contributed by atoms with Crippen LogP contribution in [0.3, 0.4) is 0 Å². The first-order valence-corrected chi connectivity index (χ1v) is 7.07. The number of hydrogen-bond acceptors (Lipinski definition) is 3. The largest absolute Gasteiger partial charge is 1.00 e. The number of aliphatic hydroxyl groups is 1. The molecule has 4 heteroatoms. The van der Waals surface area contributed by atoms with Gasteiger partial charge >= 0.3 is 35.5 Å². The Labute approximate surface area is 135 Å². The van der Waals surface area contributed by atoms with E-state index in [1.54, 1.807) is 0 Å². The van der Waals surface area contributed by atoms with E-state index in [1.807, 2.05) is 0 Å². The zero-order valence-electron chi connectivity index (χ0n) is 13.2. The molecule has 0 aliphatic carbocycles. The summed E-state index contributed by atoms with van der Waals surface area (Å²) in [5.74, 6) is -0.285. The number of ether oxygens (including phenoxy) is 1. The Kier molecular flexibility index (Phi) is 20.1. The van der Waals surface area contributed by atoms with Crippen LogP contribution in [0.5, 0.6) is 0 Å². The van der Waals surface area contributed by atoms with E-state index in [1.165, 1.54) is 51.4 Å². The van der Waals surface area contributed by atoms with Crippen LogP contribution in [0.15, 0.2) is 0 Å². The number of rotatable bonds is 12. The van der Waals surface area contributed by atoms with Crippen molar-refractivity contribution >= 4 is 5.97 Å². The molecule has 0 aliphatic heterocycles. The van der Waals surface area contributed by atoms with E-state index in [9.17, 15) is 4.79 Å². The summed E-state index contributed by atoms with van der Waals surface area (Å²) in [6.45, 7) is 1.75. The Hall–Kier alpha value is 0.430. The minimum Gasteiger partial charge on any atom is -1.00 e. The Balaban J connectivity index is -0.00000128. The van der Waals surface area contributed by atoms with Crippen LogP contribution in [0, 0.1) is 0 Å². The Morgan fingerprint density at radius 1 is 0.944 bits per heavy atom. The van der Waals surface area contributed by atoms with Crippen LogP contribution in [-0.2, 0) is 9.53 Å². The van der Waals surface area contributed by atoms with E-state index in [2.05, 4.69) is 11.7 Å². The average molecular weight is 268 g/mol. The fraction of sp³-hybridized carbons (Fsp3) is 0.929. The number of carbonyl (C=O) groups excluding carboxylic acids is 1. The van der Waals surface area contributed by atoms with Gasteiger partial charge in [-0.1, -0.05) is 64.7 Å². The van der Waals surface area contributed by atoms with Crippen LogP contribution in [0.4, 0.5) is 0 Å². The molecule has 0 spiro atoms. The molecular weight excluding hydrogens is 239 g/mol. The monoisotopic (exact) mass is 268 g/mol. The summed E-state index contributed by atoms with van der Waals surface area (Å²) in [5.41, 5.74) is 0. The molecule has 0 atom stereocenters. The molecule has 0 unspecified atom stereocenters. The summed E-state index contributed by atoms with van der Waals surface area (Å²) in [4.78, 5) is 10.9. The van der Waals surface area contributed by atoms with Crippen molar-refractivity contribution in [2.45, 2.75) is 77.6 Å². The van der Waals surface area contributed by atoms with Crippen molar-refractivity contribution in [3.05, 3.63) is 0 Å². The van der Waals surface area contributed by atoms with Gasteiger partial charge in [-0.25, -0.2) is 0 Å². The predicted octanol–water partition coefficient (Wildman–Crippen LogP) is 0.907. The van der Waals surface area contributed by atoms with Gasteiger partial charge in [-0.15, -0.1) is 0 Å². The molecular formula is C14H29NaO3. The smallest absolute Gasteiger partial charge is 1.00 e. The maximum absolute atomic E-state index is 10.9. The second kappa shape index (κ2) is 17.4. The van der Waals surface area contributed by atoms with Gasteiger partial charge in [-0.3, -0.25) is 4.79 Å². The van der Waals surface area contributed by atoms with Gasteiger partial charge in [0.1, 0.15) is 0 Å². The number of esters is 1. The van der Waals surface area contributed by atoms with Crippen molar-refractivity contribution in [3.8, 4) is 0 Å². The van der Waals surface area contributed by atoms with Gasteiger partial charge in [0.25, 0.3) is 0 Å². The van der Waals surface area contributed by atoms with Crippen LogP contribution in [-0.4, -0.2) is 17.9 Å². The van der Waals surface area contributed by atoms with E-state index in [-0.39, 0.29) is 37.0 Å². The van der Waals surface area contributed by atoms with Gasteiger partial charge in [0, 0.05) is 6.42 Å². The summed E-state index contributed by atoms with van der Waals surface area (Å²) in [6.07, 6.45) is 13.0. The summed E-state index contributed by atoms with van der Waals surface area (Å²) >= 11 is 0. The van der Waals surface area contributed by atoms with Gasteiger partial charge in [0.05, 0.1) is 0 Å². The molecule has 0 aromatic heterocycles. The van der Waals surface area contributed by atoms with Gasteiger partial charge in [-0.2, -0.15) is 0 Å². The normalized spacial score (nSPS) is 9.89. The van der Waals surface area contributed by atoms with Crippen molar-refractivity contribution in [3.63, 3.8) is 0 Å². The van der Waals surface area contributed by atoms with E-state index >= 15 is 0 Å². The summed E-state index contributed by atoms with van der Waals surface area (Å²) in [5, 5.41) is 8.35. The molecule has 0 amide bonds. The zero-order chi connectivity index (χ0) is 12.8. The van der Waals surface area contributed by atoms with Crippen LogP contribution in [0.25, 0.3) is 0 Å². The standard InChI is InChI=1S/C14H28O3.Na.H/c1-2-3-4-5-6-7-8-9-10-11-12-14(16)17-13-15;;/h15H,2-13H2,1H3;;/q;+1;-1. The van der Waals surface area contributed by atoms with Gasteiger partial charge in [0.2, 0.25) is 0 Å². The summed E-state index contributed by atoms with van der Waals surface area (Å²) < 4.78 is 4.44. The molecule has 0 aliphatic rings. The third kappa shape index (κ3) is 16.4. The zero-order valence-corrected chi connectivity index (χ0v) is 14.2. The van der Waals surface area contributed by atoms with Crippen molar-refractivity contribution in [1.82, 2.24) is 0 Å². The first-order valence-electron chi connectivity index (χ1n) is 7.07. The van der Waals surface area contributed by atoms with Crippen LogP contribution < -0.4 is 29.6 Å².